The van der Waals surface area contributed by atoms with Crippen molar-refractivity contribution < 1.29 is 0 Å². The second-order valence-corrected chi connectivity index (χ2v) is 4.64. The van der Waals surface area contributed by atoms with Gasteiger partial charge in [-0.05, 0) is 34.1 Å². The van der Waals surface area contributed by atoms with Gasteiger partial charge in [0.1, 0.15) is 10.3 Å². The predicted octanol–water partition coefficient (Wildman–Crippen LogP) is 4.96. The summed E-state index contributed by atoms with van der Waals surface area (Å²) >= 11 is 21.0. The van der Waals surface area contributed by atoms with Crippen LogP contribution in [0.1, 0.15) is 0 Å². The van der Waals surface area contributed by atoms with Crippen LogP contribution in [0.5, 0.6) is 0 Å². The first-order chi connectivity index (χ1) is 6.59. The fourth-order valence-corrected chi connectivity index (χ4v) is 2.31. The molecule has 0 atom stereocenters. The van der Waals surface area contributed by atoms with Crippen LogP contribution in [0, 0.1) is 0 Å². The lowest BCUT2D eigenvalue weighted by molar-refractivity contribution is 1.36. The van der Waals surface area contributed by atoms with Crippen LogP contribution in [-0.4, -0.2) is 4.98 Å². The van der Waals surface area contributed by atoms with Gasteiger partial charge < -0.3 is 0 Å². The molecular formula is C9H3BrCl3N. The minimum absolute atomic E-state index is 0.352. The van der Waals surface area contributed by atoms with Crippen molar-refractivity contribution in [3.8, 4) is 0 Å². The van der Waals surface area contributed by atoms with E-state index in [2.05, 4.69) is 20.9 Å². The number of hydrogen-bond donors (Lipinski definition) is 0. The van der Waals surface area contributed by atoms with E-state index < -0.39 is 0 Å². The molecule has 72 valence electrons. The highest BCUT2D eigenvalue weighted by molar-refractivity contribution is 9.10. The van der Waals surface area contributed by atoms with Crippen LogP contribution in [0.4, 0.5) is 0 Å². The number of hydrogen-bond acceptors (Lipinski definition) is 1. The number of benzene rings is 1. The van der Waals surface area contributed by atoms with E-state index in [1.165, 1.54) is 0 Å². The van der Waals surface area contributed by atoms with E-state index in [9.17, 15) is 0 Å². The van der Waals surface area contributed by atoms with Crippen molar-refractivity contribution in [2.45, 2.75) is 0 Å². The lowest BCUT2D eigenvalue weighted by Crippen LogP contribution is -1.82. The molecule has 0 spiro atoms. The Labute approximate surface area is 104 Å². The quantitative estimate of drug-likeness (QED) is 0.627. The van der Waals surface area contributed by atoms with Gasteiger partial charge in [0.2, 0.25) is 0 Å². The Morgan fingerprint density at radius 2 is 1.79 bits per heavy atom. The van der Waals surface area contributed by atoms with Crippen LogP contribution >= 0.6 is 50.7 Å². The van der Waals surface area contributed by atoms with Gasteiger partial charge in [-0.2, -0.15) is 0 Å². The highest BCUT2D eigenvalue weighted by atomic mass is 79.9. The van der Waals surface area contributed by atoms with Crippen molar-refractivity contribution in [1.29, 1.82) is 0 Å². The number of fused-ring (bicyclic) bond motifs is 1. The van der Waals surface area contributed by atoms with E-state index in [4.69, 9.17) is 34.8 Å². The number of pyridine rings is 1. The molecule has 0 amide bonds. The summed E-state index contributed by atoms with van der Waals surface area (Å²) in [5.41, 5.74) is 0. The molecule has 1 aromatic carbocycles. The van der Waals surface area contributed by atoms with Gasteiger partial charge in [0.25, 0.3) is 0 Å². The van der Waals surface area contributed by atoms with Gasteiger partial charge in [0.05, 0.1) is 5.02 Å². The predicted molar refractivity (Wildman–Crippen MR) is 64.5 cm³/mol. The maximum Gasteiger partial charge on any atom is 0.138 e. The van der Waals surface area contributed by atoms with Crippen LogP contribution in [0.15, 0.2) is 22.7 Å². The van der Waals surface area contributed by atoms with Crippen LogP contribution in [-0.2, 0) is 0 Å². The molecule has 1 aromatic heterocycles. The van der Waals surface area contributed by atoms with E-state index in [1.807, 2.05) is 6.07 Å². The lowest BCUT2D eigenvalue weighted by atomic mass is 10.2. The Balaban J connectivity index is 2.95. The summed E-state index contributed by atoms with van der Waals surface area (Å²) in [5, 5.41) is 3.04. The Morgan fingerprint density at radius 1 is 1.07 bits per heavy atom. The summed E-state index contributed by atoms with van der Waals surface area (Å²) in [7, 11) is 0. The standard InChI is InChI=1S/C9H3BrCl3N/c10-8-5-3-7(12)14-9(13)4(5)1-2-6(8)11/h1-3H. The van der Waals surface area contributed by atoms with Gasteiger partial charge in [-0.15, -0.1) is 0 Å². The molecule has 0 aliphatic rings. The lowest BCUT2D eigenvalue weighted by Gasteiger charge is -2.04. The zero-order chi connectivity index (χ0) is 10.3. The minimum Gasteiger partial charge on any atom is -0.224 e. The number of aromatic nitrogens is 1. The van der Waals surface area contributed by atoms with E-state index in [0.29, 0.717) is 15.3 Å². The van der Waals surface area contributed by atoms with Gasteiger partial charge >= 0.3 is 0 Å². The molecule has 0 N–H and O–H groups in total. The van der Waals surface area contributed by atoms with E-state index in [-0.39, 0.29) is 0 Å². The molecule has 2 aromatic rings. The van der Waals surface area contributed by atoms with Crippen LogP contribution in [0.3, 0.4) is 0 Å². The Hall–Kier alpha value is -0.0200. The van der Waals surface area contributed by atoms with Crippen molar-refractivity contribution >= 4 is 61.5 Å². The molecule has 0 aliphatic carbocycles. The maximum absolute atomic E-state index is 5.94. The van der Waals surface area contributed by atoms with Crippen molar-refractivity contribution in [1.82, 2.24) is 4.98 Å². The normalized spacial score (nSPS) is 10.9. The largest absolute Gasteiger partial charge is 0.224 e. The Kier molecular flexibility index (Phi) is 2.89. The third kappa shape index (κ3) is 1.72. The molecule has 14 heavy (non-hydrogen) atoms. The molecule has 5 heteroatoms. The number of rotatable bonds is 0. The average molecular weight is 311 g/mol. The van der Waals surface area contributed by atoms with Crippen LogP contribution < -0.4 is 0 Å². The smallest absolute Gasteiger partial charge is 0.138 e. The van der Waals surface area contributed by atoms with Gasteiger partial charge in [0.15, 0.2) is 0 Å². The highest BCUT2D eigenvalue weighted by Gasteiger charge is 2.08. The molecule has 0 saturated carbocycles. The third-order valence-electron chi connectivity index (χ3n) is 1.82. The second kappa shape index (κ2) is 3.86. The first-order valence-electron chi connectivity index (χ1n) is 3.69. The summed E-state index contributed by atoms with van der Waals surface area (Å²) in [6.07, 6.45) is 0. The van der Waals surface area contributed by atoms with Crippen LogP contribution in [0.2, 0.25) is 15.3 Å². The van der Waals surface area contributed by atoms with Gasteiger partial charge in [-0.3, -0.25) is 0 Å². The molecular weight excluding hydrogens is 308 g/mol. The molecule has 1 nitrogen and oxygen atoms in total. The summed E-state index contributed by atoms with van der Waals surface area (Å²) in [4.78, 5) is 3.94. The number of nitrogens with zero attached hydrogens (tertiary/aromatic N) is 1. The van der Waals surface area contributed by atoms with Crippen molar-refractivity contribution in [3.05, 3.63) is 38.0 Å². The molecule has 0 radical (unpaired) electrons. The van der Waals surface area contributed by atoms with E-state index in [0.717, 1.165) is 15.2 Å². The molecule has 0 aliphatic heterocycles. The second-order valence-electron chi connectivity index (χ2n) is 2.69. The summed E-state index contributed by atoms with van der Waals surface area (Å²) in [5.74, 6) is 0. The first kappa shape index (κ1) is 10.5. The zero-order valence-electron chi connectivity index (χ0n) is 6.69. The SMILES string of the molecule is Clc1cc2c(Br)c(Cl)ccc2c(Cl)n1. The Morgan fingerprint density at radius 3 is 2.50 bits per heavy atom. The molecule has 0 unspecified atom stereocenters. The fourth-order valence-electron chi connectivity index (χ4n) is 1.19. The van der Waals surface area contributed by atoms with Crippen LogP contribution in [0.25, 0.3) is 10.8 Å². The fraction of sp³-hybridized carbons (Fsp3) is 0. The minimum atomic E-state index is 0.352. The molecule has 0 saturated heterocycles. The molecule has 0 fully saturated rings. The third-order valence-corrected chi connectivity index (χ3v) is 3.70. The van der Waals surface area contributed by atoms with Crippen molar-refractivity contribution in [2.75, 3.05) is 0 Å². The topological polar surface area (TPSA) is 12.9 Å². The first-order valence-corrected chi connectivity index (χ1v) is 5.62. The van der Waals surface area contributed by atoms with E-state index >= 15 is 0 Å². The van der Waals surface area contributed by atoms with Gasteiger partial charge in [-0.1, -0.05) is 34.8 Å². The maximum atomic E-state index is 5.94. The van der Waals surface area contributed by atoms with Gasteiger partial charge in [-0.25, -0.2) is 4.98 Å². The van der Waals surface area contributed by atoms with E-state index in [1.54, 1.807) is 12.1 Å². The van der Waals surface area contributed by atoms with Crippen molar-refractivity contribution in [3.63, 3.8) is 0 Å². The monoisotopic (exact) mass is 309 g/mol. The number of halogens is 4. The van der Waals surface area contributed by atoms with Crippen molar-refractivity contribution in [2.24, 2.45) is 0 Å². The zero-order valence-corrected chi connectivity index (χ0v) is 10.5. The summed E-state index contributed by atoms with van der Waals surface area (Å²) in [6, 6.07) is 5.29. The van der Waals surface area contributed by atoms with Gasteiger partial charge in [0, 0.05) is 15.2 Å². The average Bonchev–Trinajstić information content (AvgIpc) is 2.12. The summed E-state index contributed by atoms with van der Waals surface area (Å²) in [6.45, 7) is 0. The summed E-state index contributed by atoms with van der Waals surface area (Å²) < 4.78 is 0.780. The highest BCUT2D eigenvalue weighted by Crippen LogP contribution is 2.34. The molecule has 2 rings (SSSR count). The Bertz CT molecular complexity index is 513. The molecule has 1 heterocycles. The molecule has 0 bridgehead atoms.